The number of β-amino-alcohol motifs (C(OH)–C–C–N with tert-alkyl or cyclic N) is 1. The Morgan fingerprint density at radius 1 is 1.14 bits per heavy atom. The van der Waals surface area contributed by atoms with Crippen molar-refractivity contribution in [2.24, 2.45) is 5.41 Å². The molecular weight excluding hydrogens is 258 g/mol. The number of aliphatic hydroxyl groups excluding tert-OH is 1. The molecule has 1 N–H and O–H groups in total. The van der Waals surface area contributed by atoms with Gasteiger partial charge in [0.25, 0.3) is 0 Å². The molecule has 1 heterocycles. The van der Waals surface area contributed by atoms with Gasteiger partial charge in [-0.05, 0) is 41.1 Å². The normalized spacial score (nSPS) is 20.5. The molecule has 0 bridgehead atoms. The van der Waals surface area contributed by atoms with Gasteiger partial charge in [-0.25, -0.2) is 0 Å². The van der Waals surface area contributed by atoms with Crippen molar-refractivity contribution in [3.8, 4) is 0 Å². The summed E-state index contributed by atoms with van der Waals surface area (Å²) in [5.41, 5.74) is 1.42. The van der Waals surface area contributed by atoms with Crippen LogP contribution in [0.15, 0.2) is 42.5 Å². The van der Waals surface area contributed by atoms with E-state index in [9.17, 15) is 5.11 Å². The van der Waals surface area contributed by atoms with E-state index >= 15 is 0 Å². The van der Waals surface area contributed by atoms with Crippen molar-refractivity contribution in [1.82, 2.24) is 4.90 Å². The summed E-state index contributed by atoms with van der Waals surface area (Å²) in [4.78, 5) is 2.41. The zero-order chi connectivity index (χ0) is 14.9. The van der Waals surface area contributed by atoms with Crippen molar-refractivity contribution in [3.05, 3.63) is 48.0 Å². The molecule has 0 aromatic heterocycles. The maximum Gasteiger partial charge on any atom is 0.0922 e. The fraction of sp³-hybridized carbons (Fsp3) is 0.474. The van der Waals surface area contributed by atoms with Gasteiger partial charge in [-0.1, -0.05) is 56.3 Å². The molecule has 21 heavy (non-hydrogen) atoms. The molecule has 1 unspecified atom stereocenters. The Hall–Kier alpha value is -1.38. The van der Waals surface area contributed by atoms with Crippen LogP contribution in [0.2, 0.25) is 0 Å². The van der Waals surface area contributed by atoms with Crippen LogP contribution in [-0.2, 0) is 0 Å². The average Bonchev–Trinajstić information content (AvgIpc) is 2.45. The lowest BCUT2D eigenvalue weighted by atomic mass is 9.84. The van der Waals surface area contributed by atoms with E-state index in [-0.39, 0.29) is 0 Å². The minimum atomic E-state index is -0.412. The number of rotatable bonds is 3. The van der Waals surface area contributed by atoms with E-state index in [4.69, 9.17) is 0 Å². The summed E-state index contributed by atoms with van der Waals surface area (Å²) >= 11 is 0. The van der Waals surface area contributed by atoms with Crippen LogP contribution >= 0.6 is 0 Å². The zero-order valence-corrected chi connectivity index (χ0v) is 13.0. The lowest BCUT2D eigenvalue weighted by Crippen LogP contribution is -2.41. The molecular formula is C19H25NO. The van der Waals surface area contributed by atoms with Crippen molar-refractivity contribution in [2.45, 2.75) is 32.8 Å². The van der Waals surface area contributed by atoms with Gasteiger partial charge in [0.05, 0.1) is 6.10 Å². The van der Waals surface area contributed by atoms with Crippen LogP contribution in [0, 0.1) is 5.41 Å². The molecule has 2 aromatic carbocycles. The molecule has 1 fully saturated rings. The number of aliphatic hydroxyl groups is 1. The molecule has 2 aromatic rings. The molecule has 0 spiro atoms. The van der Waals surface area contributed by atoms with E-state index in [0.717, 1.165) is 25.2 Å². The van der Waals surface area contributed by atoms with Crippen molar-refractivity contribution >= 4 is 10.8 Å². The minimum absolute atomic E-state index is 0.372. The summed E-state index contributed by atoms with van der Waals surface area (Å²) in [5.74, 6) is 0. The molecule has 0 aliphatic carbocycles. The number of benzene rings is 2. The highest BCUT2D eigenvalue weighted by Gasteiger charge is 2.27. The number of likely N-dealkylation sites (tertiary alicyclic amines) is 1. The second-order valence-electron chi connectivity index (χ2n) is 7.09. The topological polar surface area (TPSA) is 23.5 Å². The third-order valence-electron chi connectivity index (χ3n) is 4.59. The largest absolute Gasteiger partial charge is 0.387 e. The smallest absolute Gasteiger partial charge is 0.0922 e. The Kier molecular flexibility index (Phi) is 4.01. The van der Waals surface area contributed by atoms with E-state index in [1.54, 1.807) is 0 Å². The predicted octanol–water partition coefficient (Wildman–Crippen LogP) is 4.00. The van der Waals surface area contributed by atoms with Crippen LogP contribution in [0.4, 0.5) is 0 Å². The highest BCUT2D eigenvalue weighted by Crippen LogP contribution is 2.30. The van der Waals surface area contributed by atoms with Gasteiger partial charge < -0.3 is 5.11 Å². The first-order valence-corrected chi connectivity index (χ1v) is 7.93. The molecule has 1 saturated heterocycles. The molecule has 3 rings (SSSR count). The van der Waals surface area contributed by atoms with Crippen LogP contribution in [0.3, 0.4) is 0 Å². The first-order valence-electron chi connectivity index (χ1n) is 7.93. The van der Waals surface area contributed by atoms with E-state index < -0.39 is 6.10 Å². The van der Waals surface area contributed by atoms with Crippen LogP contribution in [-0.4, -0.2) is 29.6 Å². The molecule has 1 atom stereocenters. The van der Waals surface area contributed by atoms with Crippen LogP contribution in [0.5, 0.6) is 0 Å². The second kappa shape index (κ2) is 5.78. The van der Waals surface area contributed by atoms with Crippen molar-refractivity contribution in [3.63, 3.8) is 0 Å². The van der Waals surface area contributed by atoms with Gasteiger partial charge in [0, 0.05) is 13.1 Å². The molecule has 2 nitrogen and oxygen atoms in total. The molecule has 2 heteroatoms. The Bertz CT molecular complexity index is 614. The fourth-order valence-electron chi connectivity index (χ4n) is 3.58. The number of hydrogen-bond donors (Lipinski definition) is 1. The van der Waals surface area contributed by atoms with Gasteiger partial charge in [0.2, 0.25) is 0 Å². The number of hydrogen-bond acceptors (Lipinski definition) is 2. The summed E-state index contributed by atoms with van der Waals surface area (Å²) in [7, 11) is 0. The summed E-state index contributed by atoms with van der Waals surface area (Å²) in [6.07, 6.45) is 2.10. The van der Waals surface area contributed by atoms with Crippen LogP contribution in [0.1, 0.15) is 38.4 Å². The maximum atomic E-state index is 10.7. The fourth-order valence-corrected chi connectivity index (χ4v) is 3.58. The van der Waals surface area contributed by atoms with Gasteiger partial charge in [0.1, 0.15) is 0 Å². The second-order valence-corrected chi connectivity index (χ2v) is 7.09. The Morgan fingerprint density at radius 3 is 2.71 bits per heavy atom. The van der Waals surface area contributed by atoms with Crippen molar-refractivity contribution in [1.29, 1.82) is 0 Å². The lowest BCUT2D eigenvalue weighted by molar-refractivity contribution is 0.0604. The van der Waals surface area contributed by atoms with Gasteiger partial charge >= 0.3 is 0 Å². The van der Waals surface area contributed by atoms with Gasteiger partial charge in [-0.15, -0.1) is 0 Å². The third-order valence-corrected chi connectivity index (χ3v) is 4.59. The van der Waals surface area contributed by atoms with Gasteiger partial charge in [0.15, 0.2) is 0 Å². The maximum absolute atomic E-state index is 10.7. The summed E-state index contributed by atoms with van der Waals surface area (Å²) in [6.45, 7) is 7.56. The lowest BCUT2D eigenvalue weighted by Gasteiger charge is -2.39. The molecule has 112 valence electrons. The number of piperidine rings is 1. The van der Waals surface area contributed by atoms with Gasteiger partial charge in [-0.3, -0.25) is 4.90 Å². The van der Waals surface area contributed by atoms with Crippen LogP contribution in [0.25, 0.3) is 10.8 Å². The standard InChI is InChI=1S/C19H25NO/c1-19(2)11-6-12-20(14-19)13-18(21)17-10-5-8-15-7-3-4-9-16(15)17/h3-5,7-10,18,21H,6,11-14H2,1-2H3. The van der Waals surface area contributed by atoms with Crippen molar-refractivity contribution < 1.29 is 5.11 Å². The minimum Gasteiger partial charge on any atom is -0.387 e. The first-order chi connectivity index (χ1) is 10.1. The number of fused-ring (bicyclic) bond motifs is 1. The van der Waals surface area contributed by atoms with E-state index in [1.807, 2.05) is 18.2 Å². The Balaban J connectivity index is 1.79. The molecule has 1 aliphatic rings. The SMILES string of the molecule is CC1(C)CCCN(CC(O)c2cccc3ccccc23)C1. The van der Waals surface area contributed by atoms with Gasteiger partial charge in [-0.2, -0.15) is 0 Å². The molecule has 1 aliphatic heterocycles. The highest BCUT2D eigenvalue weighted by atomic mass is 16.3. The Labute approximate surface area is 127 Å². The van der Waals surface area contributed by atoms with Crippen molar-refractivity contribution in [2.75, 3.05) is 19.6 Å². The third kappa shape index (κ3) is 3.28. The predicted molar refractivity (Wildman–Crippen MR) is 88.4 cm³/mol. The average molecular weight is 283 g/mol. The van der Waals surface area contributed by atoms with E-state index in [0.29, 0.717) is 5.41 Å². The summed E-state index contributed by atoms with van der Waals surface area (Å²) in [5, 5.41) is 13.1. The molecule has 0 saturated carbocycles. The first kappa shape index (κ1) is 14.6. The molecule has 0 radical (unpaired) electrons. The van der Waals surface area contributed by atoms with Crippen LogP contribution < -0.4 is 0 Å². The Morgan fingerprint density at radius 2 is 1.90 bits per heavy atom. The van der Waals surface area contributed by atoms with E-state index in [1.165, 1.54) is 23.6 Å². The summed E-state index contributed by atoms with van der Waals surface area (Å²) in [6, 6.07) is 14.5. The zero-order valence-electron chi connectivity index (χ0n) is 13.0. The summed E-state index contributed by atoms with van der Waals surface area (Å²) < 4.78 is 0. The van der Waals surface area contributed by atoms with E-state index in [2.05, 4.69) is 43.0 Å². The monoisotopic (exact) mass is 283 g/mol. The highest BCUT2D eigenvalue weighted by molar-refractivity contribution is 5.85. The molecule has 0 amide bonds. The quantitative estimate of drug-likeness (QED) is 0.920. The number of nitrogens with zero attached hydrogens (tertiary/aromatic N) is 1.